The van der Waals surface area contributed by atoms with E-state index in [1.807, 2.05) is 30.3 Å². The van der Waals surface area contributed by atoms with Crippen LogP contribution in [0.1, 0.15) is 11.1 Å². The van der Waals surface area contributed by atoms with E-state index in [1.54, 1.807) is 27.4 Å². The molecule has 1 saturated heterocycles. The van der Waals surface area contributed by atoms with Crippen LogP contribution in [0.5, 0.6) is 23.0 Å². The fourth-order valence-corrected chi connectivity index (χ4v) is 4.35. The zero-order valence-electron chi connectivity index (χ0n) is 18.4. The minimum atomic E-state index is 0.371. The average molecular weight is 423 g/mol. The van der Waals surface area contributed by atoms with E-state index in [0.717, 1.165) is 66.9 Å². The summed E-state index contributed by atoms with van der Waals surface area (Å²) in [5.41, 5.74) is 2.09. The molecule has 0 spiro atoms. The molecule has 1 heterocycles. The van der Waals surface area contributed by atoms with E-state index in [9.17, 15) is 5.11 Å². The van der Waals surface area contributed by atoms with Crippen LogP contribution in [0.4, 0.5) is 0 Å². The van der Waals surface area contributed by atoms with Gasteiger partial charge in [-0.1, -0.05) is 36.4 Å². The minimum absolute atomic E-state index is 0.371. The first-order valence-corrected chi connectivity index (χ1v) is 10.6. The van der Waals surface area contributed by atoms with Gasteiger partial charge in [-0.05, 0) is 22.9 Å². The van der Waals surface area contributed by atoms with E-state index < -0.39 is 0 Å². The Morgan fingerprint density at radius 1 is 0.742 bits per heavy atom. The summed E-state index contributed by atoms with van der Waals surface area (Å²) >= 11 is 0. The third-order valence-corrected chi connectivity index (χ3v) is 6.04. The van der Waals surface area contributed by atoms with Crippen LogP contribution >= 0.6 is 0 Å². The normalized spacial score (nSPS) is 15.2. The zero-order chi connectivity index (χ0) is 21.8. The number of ether oxygens (including phenoxy) is 3. The van der Waals surface area contributed by atoms with Crippen LogP contribution in [0, 0.1) is 0 Å². The van der Waals surface area contributed by atoms with Crippen molar-refractivity contribution in [2.24, 2.45) is 0 Å². The summed E-state index contributed by atoms with van der Waals surface area (Å²) in [4.78, 5) is 4.83. The summed E-state index contributed by atoms with van der Waals surface area (Å²) in [5, 5.41) is 12.7. The monoisotopic (exact) mass is 422 g/mol. The lowest BCUT2D eigenvalue weighted by atomic mass is 10.0. The van der Waals surface area contributed by atoms with Crippen molar-refractivity contribution in [3.63, 3.8) is 0 Å². The van der Waals surface area contributed by atoms with Crippen molar-refractivity contribution in [3.05, 3.63) is 59.7 Å². The van der Waals surface area contributed by atoms with Gasteiger partial charge in [-0.15, -0.1) is 0 Å². The summed E-state index contributed by atoms with van der Waals surface area (Å²) in [6.07, 6.45) is 0. The summed E-state index contributed by atoms with van der Waals surface area (Å²) in [6, 6.07) is 16.0. The van der Waals surface area contributed by atoms with Gasteiger partial charge in [0, 0.05) is 50.4 Å². The molecule has 0 aromatic heterocycles. The molecule has 6 heteroatoms. The fourth-order valence-electron chi connectivity index (χ4n) is 4.35. The molecular formula is C25H30N2O4. The number of methoxy groups -OCH3 is 3. The summed E-state index contributed by atoms with van der Waals surface area (Å²) in [7, 11) is 4.92. The summed E-state index contributed by atoms with van der Waals surface area (Å²) in [6.45, 7) is 5.32. The Hall–Kier alpha value is -2.96. The van der Waals surface area contributed by atoms with E-state index in [1.165, 1.54) is 0 Å². The highest BCUT2D eigenvalue weighted by atomic mass is 16.5. The largest absolute Gasteiger partial charge is 0.508 e. The Morgan fingerprint density at radius 2 is 1.42 bits per heavy atom. The second-order valence-electron chi connectivity index (χ2n) is 7.83. The Morgan fingerprint density at radius 3 is 2.10 bits per heavy atom. The topological polar surface area (TPSA) is 54.4 Å². The summed E-state index contributed by atoms with van der Waals surface area (Å²) in [5.74, 6) is 2.40. The second kappa shape index (κ2) is 9.45. The van der Waals surface area contributed by atoms with Crippen molar-refractivity contribution >= 4 is 10.8 Å². The van der Waals surface area contributed by atoms with Gasteiger partial charge in [-0.3, -0.25) is 9.80 Å². The number of phenols is 1. The number of phenolic OH excluding ortho intramolecular Hbond substituents is 1. The molecule has 0 aliphatic carbocycles. The van der Waals surface area contributed by atoms with E-state index in [2.05, 4.69) is 21.9 Å². The van der Waals surface area contributed by atoms with Crippen LogP contribution in [0.25, 0.3) is 10.8 Å². The Labute approximate surface area is 183 Å². The van der Waals surface area contributed by atoms with Crippen molar-refractivity contribution in [3.8, 4) is 23.0 Å². The van der Waals surface area contributed by atoms with Crippen LogP contribution in [-0.4, -0.2) is 62.4 Å². The SMILES string of the molecule is COc1ccc(CN2CCN(Cc3c(O)ccc4ccccc34)CC2)c(OC)c1OC. The first-order valence-electron chi connectivity index (χ1n) is 10.6. The van der Waals surface area contributed by atoms with Crippen molar-refractivity contribution < 1.29 is 19.3 Å². The van der Waals surface area contributed by atoms with Gasteiger partial charge in [0.2, 0.25) is 5.75 Å². The molecule has 3 aromatic carbocycles. The van der Waals surface area contributed by atoms with Crippen molar-refractivity contribution in [1.82, 2.24) is 9.80 Å². The molecule has 1 fully saturated rings. The van der Waals surface area contributed by atoms with Gasteiger partial charge < -0.3 is 19.3 Å². The highest BCUT2D eigenvalue weighted by Crippen LogP contribution is 2.40. The fraction of sp³-hybridized carbons (Fsp3) is 0.360. The van der Waals surface area contributed by atoms with Gasteiger partial charge >= 0.3 is 0 Å². The molecule has 0 atom stereocenters. The highest BCUT2D eigenvalue weighted by molar-refractivity contribution is 5.87. The molecule has 0 radical (unpaired) electrons. The smallest absolute Gasteiger partial charge is 0.203 e. The first kappa shape index (κ1) is 21.3. The molecule has 3 aromatic rings. The zero-order valence-corrected chi connectivity index (χ0v) is 18.4. The van der Waals surface area contributed by atoms with Crippen LogP contribution in [0.3, 0.4) is 0 Å². The maximum atomic E-state index is 10.5. The number of hydrogen-bond donors (Lipinski definition) is 1. The molecule has 0 bridgehead atoms. The van der Waals surface area contributed by atoms with E-state index >= 15 is 0 Å². The Balaban J connectivity index is 1.43. The van der Waals surface area contributed by atoms with Crippen LogP contribution in [0.15, 0.2) is 48.5 Å². The molecule has 1 aliphatic rings. The first-order chi connectivity index (χ1) is 15.1. The number of aromatic hydroxyl groups is 1. The van der Waals surface area contributed by atoms with Gasteiger partial charge in [0.1, 0.15) is 5.75 Å². The van der Waals surface area contributed by atoms with Crippen LogP contribution in [-0.2, 0) is 13.1 Å². The van der Waals surface area contributed by atoms with Crippen LogP contribution < -0.4 is 14.2 Å². The van der Waals surface area contributed by atoms with Crippen molar-refractivity contribution in [1.29, 1.82) is 0 Å². The molecule has 31 heavy (non-hydrogen) atoms. The molecule has 4 rings (SSSR count). The lowest BCUT2D eigenvalue weighted by Gasteiger charge is -2.35. The number of nitrogens with zero attached hydrogens (tertiary/aromatic N) is 2. The van der Waals surface area contributed by atoms with Gasteiger partial charge in [-0.2, -0.15) is 0 Å². The Kier molecular flexibility index (Phi) is 6.49. The molecule has 164 valence electrons. The van der Waals surface area contributed by atoms with Gasteiger partial charge in [0.15, 0.2) is 11.5 Å². The van der Waals surface area contributed by atoms with Crippen LogP contribution in [0.2, 0.25) is 0 Å². The lowest BCUT2D eigenvalue weighted by Crippen LogP contribution is -2.45. The van der Waals surface area contributed by atoms with E-state index in [4.69, 9.17) is 14.2 Å². The number of rotatable bonds is 7. The number of piperazine rings is 1. The van der Waals surface area contributed by atoms with E-state index in [0.29, 0.717) is 17.2 Å². The lowest BCUT2D eigenvalue weighted by molar-refractivity contribution is 0.120. The Bertz CT molecular complexity index is 1050. The highest BCUT2D eigenvalue weighted by Gasteiger charge is 2.22. The average Bonchev–Trinajstić information content (AvgIpc) is 2.81. The third-order valence-electron chi connectivity index (χ3n) is 6.04. The summed E-state index contributed by atoms with van der Waals surface area (Å²) < 4.78 is 16.5. The molecule has 0 unspecified atom stereocenters. The van der Waals surface area contributed by atoms with Gasteiger partial charge in [0.05, 0.1) is 21.3 Å². The van der Waals surface area contributed by atoms with Crippen molar-refractivity contribution in [2.45, 2.75) is 13.1 Å². The molecule has 6 nitrogen and oxygen atoms in total. The second-order valence-corrected chi connectivity index (χ2v) is 7.83. The molecule has 1 aliphatic heterocycles. The van der Waals surface area contributed by atoms with Gasteiger partial charge in [0.25, 0.3) is 0 Å². The molecular weight excluding hydrogens is 392 g/mol. The van der Waals surface area contributed by atoms with E-state index in [-0.39, 0.29) is 0 Å². The molecule has 0 amide bonds. The maximum Gasteiger partial charge on any atom is 0.203 e. The van der Waals surface area contributed by atoms with Gasteiger partial charge in [-0.25, -0.2) is 0 Å². The van der Waals surface area contributed by atoms with Crippen molar-refractivity contribution in [2.75, 3.05) is 47.5 Å². The minimum Gasteiger partial charge on any atom is -0.508 e. The quantitative estimate of drug-likeness (QED) is 0.624. The number of fused-ring (bicyclic) bond motifs is 1. The number of hydrogen-bond acceptors (Lipinski definition) is 6. The molecule has 0 saturated carbocycles. The number of benzene rings is 3. The predicted octanol–water partition coefficient (Wildman–Crippen LogP) is 3.89. The standard InChI is InChI=1S/C25H30N2O4/c1-29-23-11-9-19(24(30-2)25(23)31-3)16-26-12-14-27(15-13-26)17-21-20-7-5-4-6-18(20)8-10-22(21)28/h4-11,28H,12-17H2,1-3H3. The maximum absolute atomic E-state index is 10.5. The molecule has 1 N–H and O–H groups in total. The third kappa shape index (κ3) is 4.40. The predicted molar refractivity (Wildman–Crippen MR) is 122 cm³/mol.